The van der Waals surface area contributed by atoms with E-state index in [1.54, 1.807) is 11.8 Å². The van der Waals surface area contributed by atoms with E-state index < -0.39 is 0 Å². The smallest absolute Gasteiger partial charge is 0.260 e. The molecule has 8 heteroatoms. The van der Waals surface area contributed by atoms with Gasteiger partial charge in [-0.15, -0.1) is 21.5 Å². The maximum Gasteiger partial charge on any atom is 0.260 e. The standard InChI is InChI=1S/C22H23N5OS2/c1-14-25-26-22(27(14)16-10-6-3-7-11-16)30-13-18-23-20(28)19-17(12-29-21(19)24-18)15-8-4-2-5-9-15/h2,4-5,8-9,12,16H,3,6-7,10-11,13H2,1H3,(H,23,24,28). The van der Waals surface area contributed by atoms with Crippen LogP contribution in [-0.2, 0) is 5.75 Å². The number of hydrogen-bond acceptors (Lipinski definition) is 6. The van der Waals surface area contributed by atoms with Gasteiger partial charge in [0.1, 0.15) is 16.5 Å². The van der Waals surface area contributed by atoms with Crippen LogP contribution in [0.25, 0.3) is 21.3 Å². The Hall–Kier alpha value is -2.45. The van der Waals surface area contributed by atoms with Gasteiger partial charge in [-0.3, -0.25) is 4.79 Å². The maximum atomic E-state index is 12.9. The number of nitrogens with one attached hydrogen (secondary N) is 1. The summed E-state index contributed by atoms with van der Waals surface area (Å²) in [5.41, 5.74) is 1.89. The Morgan fingerprint density at radius 2 is 1.97 bits per heavy atom. The van der Waals surface area contributed by atoms with Gasteiger partial charge in [0.25, 0.3) is 5.56 Å². The van der Waals surface area contributed by atoms with Gasteiger partial charge >= 0.3 is 0 Å². The molecular weight excluding hydrogens is 414 g/mol. The quantitative estimate of drug-likeness (QED) is 0.426. The molecule has 5 rings (SSSR count). The van der Waals surface area contributed by atoms with Gasteiger partial charge in [0, 0.05) is 17.0 Å². The summed E-state index contributed by atoms with van der Waals surface area (Å²) in [5.74, 6) is 2.20. The van der Waals surface area contributed by atoms with Gasteiger partial charge in [-0.2, -0.15) is 0 Å². The van der Waals surface area contributed by atoms with E-state index in [-0.39, 0.29) is 5.56 Å². The normalized spacial score (nSPS) is 15.1. The molecule has 0 unspecified atom stereocenters. The van der Waals surface area contributed by atoms with Crippen LogP contribution in [0, 0.1) is 6.92 Å². The van der Waals surface area contributed by atoms with Crippen LogP contribution in [-0.4, -0.2) is 24.7 Å². The number of thioether (sulfide) groups is 1. The predicted octanol–water partition coefficient (Wildman–Crippen LogP) is 5.35. The number of nitrogens with zero attached hydrogens (tertiary/aromatic N) is 4. The summed E-state index contributed by atoms with van der Waals surface area (Å²) >= 11 is 3.11. The summed E-state index contributed by atoms with van der Waals surface area (Å²) in [6, 6.07) is 10.5. The Morgan fingerprint density at radius 1 is 1.17 bits per heavy atom. The molecular formula is C22H23N5OS2. The molecule has 0 atom stereocenters. The third-order valence-electron chi connectivity index (χ3n) is 5.69. The van der Waals surface area contributed by atoms with Crippen molar-refractivity contribution >= 4 is 33.3 Å². The van der Waals surface area contributed by atoms with Crippen molar-refractivity contribution < 1.29 is 0 Å². The topological polar surface area (TPSA) is 76.5 Å². The van der Waals surface area contributed by atoms with E-state index in [9.17, 15) is 4.79 Å². The molecule has 6 nitrogen and oxygen atoms in total. The maximum absolute atomic E-state index is 12.9. The molecule has 1 aliphatic carbocycles. The minimum atomic E-state index is -0.0827. The van der Waals surface area contributed by atoms with Crippen molar-refractivity contribution in [2.75, 3.05) is 0 Å². The monoisotopic (exact) mass is 437 g/mol. The predicted molar refractivity (Wildman–Crippen MR) is 122 cm³/mol. The van der Waals surface area contributed by atoms with Crippen molar-refractivity contribution in [3.63, 3.8) is 0 Å². The first kappa shape index (κ1) is 19.5. The van der Waals surface area contributed by atoms with E-state index in [0.29, 0.717) is 23.0 Å². The number of thiophene rings is 1. The molecule has 3 aromatic heterocycles. The number of aromatic amines is 1. The fourth-order valence-electron chi connectivity index (χ4n) is 4.23. The first-order chi connectivity index (χ1) is 14.7. The molecule has 0 spiro atoms. The number of aryl methyl sites for hydroxylation is 1. The molecule has 0 bridgehead atoms. The zero-order chi connectivity index (χ0) is 20.5. The number of fused-ring (bicyclic) bond motifs is 1. The number of H-pyrrole nitrogens is 1. The Kier molecular flexibility index (Phi) is 5.43. The number of benzene rings is 1. The van der Waals surface area contributed by atoms with Crippen molar-refractivity contribution in [1.82, 2.24) is 24.7 Å². The summed E-state index contributed by atoms with van der Waals surface area (Å²) < 4.78 is 2.28. The highest BCUT2D eigenvalue weighted by atomic mass is 32.2. The second kappa shape index (κ2) is 8.35. The molecule has 0 radical (unpaired) electrons. The lowest BCUT2D eigenvalue weighted by Crippen LogP contribution is -2.15. The molecule has 1 saturated carbocycles. The molecule has 0 aliphatic heterocycles. The van der Waals surface area contributed by atoms with Crippen LogP contribution in [0.4, 0.5) is 0 Å². The van der Waals surface area contributed by atoms with E-state index in [2.05, 4.69) is 19.7 Å². The Morgan fingerprint density at radius 3 is 2.77 bits per heavy atom. The molecule has 0 saturated heterocycles. The third kappa shape index (κ3) is 3.70. The SMILES string of the molecule is Cc1nnc(SCc2nc3scc(-c4ccccc4)c3c(=O)[nH]2)n1C1CCCCC1. The van der Waals surface area contributed by atoms with Gasteiger partial charge in [0.05, 0.1) is 11.1 Å². The molecule has 3 heterocycles. The van der Waals surface area contributed by atoms with E-state index in [1.807, 2.05) is 42.6 Å². The highest BCUT2D eigenvalue weighted by molar-refractivity contribution is 7.98. The molecule has 1 aromatic carbocycles. The summed E-state index contributed by atoms with van der Waals surface area (Å²) in [6.07, 6.45) is 6.22. The summed E-state index contributed by atoms with van der Waals surface area (Å²) in [7, 11) is 0. The number of hydrogen-bond donors (Lipinski definition) is 1. The molecule has 1 N–H and O–H groups in total. The average molecular weight is 438 g/mol. The van der Waals surface area contributed by atoms with Gasteiger partial charge in [0.15, 0.2) is 5.16 Å². The zero-order valence-corrected chi connectivity index (χ0v) is 18.4. The first-order valence-electron chi connectivity index (χ1n) is 10.3. The summed E-state index contributed by atoms with van der Waals surface area (Å²) in [4.78, 5) is 21.3. The van der Waals surface area contributed by atoms with E-state index in [0.717, 1.165) is 26.9 Å². The Bertz CT molecular complexity index is 1220. The fraction of sp³-hybridized carbons (Fsp3) is 0.364. The molecule has 0 amide bonds. The van der Waals surface area contributed by atoms with Gasteiger partial charge in [-0.05, 0) is 25.3 Å². The molecule has 4 aromatic rings. The van der Waals surface area contributed by atoms with Crippen LogP contribution in [0.15, 0.2) is 45.7 Å². The van der Waals surface area contributed by atoms with Crippen LogP contribution in [0.2, 0.25) is 0 Å². The lowest BCUT2D eigenvalue weighted by atomic mass is 9.95. The average Bonchev–Trinajstić information content (AvgIpc) is 3.37. The summed E-state index contributed by atoms with van der Waals surface area (Å²) in [6.45, 7) is 2.02. The second-order valence-corrected chi connectivity index (χ2v) is 9.49. The number of rotatable bonds is 5. The minimum Gasteiger partial charge on any atom is -0.309 e. The lowest BCUT2D eigenvalue weighted by Gasteiger charge is -2.24. The largest absolute Gasteiger partial charge is 0.309 e. The van der Waals surface area contributed by atoms with Crippen LogP contribution in [0.5, 0.6) is 0 Å². The molecule has 1 fully saturated rings. The van der Waals surface area contributed by atoms with E-state index in [1.165, 1.54) is 43.4 Å². The Labute approximate surface area is 182 Å². The molecule has 1 aliphatic rings. The van der Waals surface area contributed by atoms with Gasteiger partial charge in [0.2, 0.25) is 0 Å². The van der Waals surface area contributed by atoms with Crippen LogP contribution in [0.1, 0.15) is 49.8 Å². The third-order valence-corrected chi connectivity index (χ3v) is 7.52. The Balaban J connectivity index is 1.40. The highest BCUT2D eigenvalue weighted by Crippen LogP contribution is 2.34. The summed E-state index contributed by atoms with van der Waals surface area (Å²) in [5, 5.41) is 12.3. The second-order valence-electron chi connectivity index (χ2n) is 7.69. The van der Waals surface area contributed by atoms with Crippen molar-refractivity contribution in [2.24, 2.45) is 0 Å². The highest BCUT2D eigenvalue weighted by Gasteiger charge is 2.21. The molecule has 30 heavy (non-hydrogen) atoms. The first-order valence-corrected chi connectivity index (χ1v) is 12.2. The van der Waals surface area contributed by atoms with Crippen LogP contribution >= 0.6 is 23.1 Å². The minimum absolute atomic E-state index is 0.0827. The van der Waals surface area contributed by atoms with Gasteiger partial charge in [-0.25, -0.2) is 4.98 Å². The van der Waals surface area contributed by atoms with E-state index >= 15 is 0 Å². The zero-order valence-electron chi connectivity index (χ0n) is 16.8. The van der Waals surface area contributed by atoms with E-state index in [4.69, 9.17) is 4.98 Å². The van der Waals surface area contributed by atoms with Gasteiger partial charge < -0.3 is 9.55 Å². The van der Waals surface area contributed by atoms with Crippen LogP contribution < -0.4 is 5.56 Å². The van der Waals surface area contributed by atoms with Crippen molar-refractivity contribution in [3.05, 3.63) is 57.7 Å². The van der Waals surface area contributed by atoms with Crippen LogP contribution in [0.3, 0.4) is 0 Å². The molecule has 154 valence electrons. The fourth-order valence-corrected chi connectivity index (χ4v) is 6.12. The van der Waals surface area contributed by atoms with Crippen molar-refractivity contribution in [2.45, 2.75) is 56.0 Å². The number of aromatic nitrogens is 5. The lowest BCUT2D eigenvalue weighted by molar-refractivity contribution is 0.332. The van der Waals surface area contributed by atoms with Crippen molar-refractivity contribution in [1.29, 1.82) is 0 Å². The van der Waals surface area contributed by atoms with Gasteiger partial charge in [-0.1, -0.05) is 61.4 Å². The van der Waals surface area contributed by atoms with Crippen molar-refractivity contribution in [3.8, 4) is 11.1 Å².